The van der Waals surface area contributed by atoms with Gasteiger partial charge in [-0.25, -0.2) is 0 Å². The Bertz CT molecular complexity index is 185. The zero-order valence-corrected chi connectivity index (χ0v) is 12.1. The normalized spacial score (nSPS) is 19.4. The molecular formula is C15H32N2. The third-order valence-electron chi connectivity index (χ3n) is 4.29. The van der Waals surface area contributed by atoms with Crippen molar-refractivity contribution in [3.8, 4) is 0 Å². The third kappa shape index (κ3) is 4.59. The number of nitrogens with two attached hydrogens (primary N) is 1. The summed E-state index contributed by atoms with van der Waals surface area (Å²) >= 11 is 0. The summed E-state index contributed by atoms with van der Waals surface area (Å²) in [5.41, 5.74) is 6.05. The molecule has 1 unspecified atom stereocenters. The lowest BCUT2D eigenvalue weighted by Gasteiger charge is -2.38. The maximum Gasteiger partial charge on any atom is 0.0249 e. The maximum absolute atomic E-state index is 6.05. The van der Waals surface area contributed by atoms with E-state index in [0.717, 1.165) is 12.5 Å². The van der Waals surface area contributed by atoms with Crippen LogP contribution < -0.4 is 5.73 Å². The predicted molar refractivity (Wildman–Crippen MR) is 76.2 cm³/mol. The van der Waals surface area contributed by atoms with Crippen LogP contribution in [0, 0.1) is 5.92 Å². The minimum Gasteiger partial charge on any atom is -0.329 e. The van der Waals surface area contributed by atoms with Crippen molar-refractivity contribution < 1.29 is 0 Å². The van der Waals surface area contributed by atoms with Gasteiger partial charge >= 0.3 is 0 Å². The smallest absolute Gasteiger partial charge is 0.0249 e. The van der Waals surface area contributed by atoms with E-state index in [2.05, 4.69) is 25.7 Å². The molecule has 2 heteroatoms. The summed E-state index contributed by atoms with van der Waals surface area (Å²) in [6.07, 6.45) is 9.63. The van der Waals surface area contributed by atoms with Crippen molar-refractivity contribution in [2.75, 3.05) is 13.1 Å². The molecule has 0 radical (unpaired) electrons. The van der Waals surface area contributed by atoms with Crippen LogP contribution >= 0.6 is 0 Å². The van der Waals surface area contributed by atoms with Crippen molar-refractivity contribution in [1.29, 1.82) is 0 Å². The summed E-state index contributed by atoms with van der Waals surface area (Å²) in [6.45, 7) is 9.00. The van der Waals surface area contributed by atoms with Crippen molar-refractivity contribution in [2.24, 2.45) is 11.7 Å². The molecule has 0 heterocycles. The average Bonchev–Trinajstić information content (AvgIpc) is 2.81. The van der Waals surface area contributed by atoms with E-state index < -0.39 is 0 Å². The highest BCUT2D eigenvalue weighted by Crippen LogP contribution is 2.30. The van der Waals surface area contributed by atoms with Crippen LogP contribution in [0.5, 0.6) is 0 Å². The van der Waals surface area contributed by atoms with Gasteiger partial charge < -0.3 is 5.73 Å². The topological polar surface area (TPSA) is 29.3 Å². The molecule has 0 amide bonds. The first-order chi connectivity index (χ1) is 8.20. The number of hydrogen-bond donors (Lipinski definition) is 1. The van der Waals surface area contributed by atoms with Crippen LogP contribution in [0.25, 0.3) is 0 Å². The molecule has 102 valence electrons. The maximum atomic E-state index is 6.05. The molecule has 0 aromatic heterocycles. The molecule has 0 bridgehead atoms. The standard InChI is InChI=1S/C15H32N2/c1-4-5-8-11-17(13(2)3)15(12-16)14-9-6-7-10-14/h13-15H,4-12,16H2,1-3H3. The van der Waals surface area contributed by atoms with Crippen LogP contribution in [0.3, 0.4) is 0 Å². The van der Waals surface area contributed by atoms with E-state index in [1.54, 1.807) is 0 Å². The highest BCUT2D eigenvalue weighted by Gasteiger charge is 2.29. The molecule has 17 heavy (non-hydrogen) atoms. The fourth-order valence-electron chi connectivity index (χ4n) is 3.29. The van der Waals surface area contributed by atoms with Gasteiger partial charge in [-0.3, -0.25) is 4.90 Å². The van der Waals surface area contributed by atoms with Crippen molar-refractivity contribution in [1.82, 2.24) is 4.90 Å². The molecule has 2 N–H and O–H groups in total. The van der Waals surface area contributed by atoms with Crippen LogP contribution in [0.2, 0.25) is 0 Å². The SMILES string of the molecule is CCCCCN(C(C)C)C(CN)C1CCCC1. The molecule has 0 spiro atoms. The number of hydrogen-bond acceptors (Lipinski definition) is 2. The van der Waals surface area contributed by atoms with Crippen LogP contribution in [0.15, 0.2) is 0 Å². The minimum absolute atomic E-state index is 0.634. The molecule has 0 aliphatic heterocycles. The van der Waals surface area contributed by atoms with E-state index in [9.17, 15) is 0 Å². The third-order valence-corrected chi connectivity index (χ3v) is 4.29. The second kappa shape index (κ2) is 8.10. The molecule has 1 aliphatic carbocycles. The molecule has 0 aromatic rings. The quantitative estimate of drug-likeness (QED) is 0.659. The fraction of sp³-hybridized carbons (Fsp3) is 1.00. The Kier molecular flexibility index (Phi) is 7.14. The van der Waals surface area contributed by atoms with Gasteiger partial charge in [0.25, 0.3) is 0 Å². The van der Waals surface area contributed by atoms with Gasteiger partial charge in [0.15, 0.2) is 0 Å². The van der Waals surface area contributed by atoms with Gasteiger partial charge in [0.1, 0.15) is 0 Å². The first kappa shape index (κ1) is 15.0. The second-order valence-corrected chi connectivity index (χ2v) is 5.89. The Hall–Kier alpha value is -0.0800. The predicted octanol–water partition coefficient (Wildman–Crippen LogP) is 3.40. The number of unbranched alkanes of at least 4 members (excludes halogenated alkanes) is 2. The lowest BCUT2D eigenvalue weighted by molar-refractivity contribution is 0.110. The molecular weight excluding hydrogens is 208 g/mol. The summed E-state index contributed by atoms with van der Waals surface area (Å²) in [5.74, 6) is 0.865. The van der Waals surface area contributed by atoms with Crippen molar-refractivity contribution in [2.45, 2.75) is 77.8 Å². The zero-order chi connectivity index (χ0) is 12.7. The van der Waals surface area contributed by atoms with E-state index in [1.807, 2.05) is 0 Å². The van der Waals surface area contributed by atoms with Gasteiger partial charge in [-0.1, -0.05) is 32.6 Å². The van der Waals surface area contributed by atoms with Crippen LogP contribution in [0.1, 0.15) is 65.7 Å². The van der Waals surface area contributed by atoms with E-state index in [1.165, 1.54) is 51.5 Å². The monoisotopic (exact) mass is 240 g/mol. The highest BCUT2D eigenvalue weighted by atomic mass is 15.2. The highest BCUT2D eigenvalue weighted by molar-refractivity contribution is 4.85. The first-order valence-corrected chi connectivity index (χ1v) is 7.66. The van der Waals surface area contributed by atoms with Crippen molar-refractivity contribution in [3.05, 3.63) is 0 Å². The fourth-order valence-corrected chi connectivity index (χ4v) is 3.29. The second-order valence-electron chi connectivity index (χ2n) is 5.89. The van der Waals surface area contributed by atoms with Gasteiger partial charge in [0.05, 0.1) is 0 Å². The van der Waals surface area contributed by atoms with E-state index in [4.69, 9.17) is 5.73 Å². The van der Waals surface area contributed by atoms with Gasteiger partial charge in [-0.2, -0.15) is 0 Å². The molecule has 1 aliphatic rings. The zero-order valence-electron chi connectivity index (χ0n) is 12.1. The van der Waals surface area contributed by atoms with Crippen LogP contribution in [-0.4, -0.2) is 30.1 Å². The van der Waals surface area contributed by atoms with Crippen molar-refractivity contribution >= 4 is 0 Å². The van der Waals surface area contributed by atoms with Crippen LogP contribution in [0.4, 0.5) is 0 Å². The number of rotatable bonds is 8. The van der Waals surface area contributed by atoms with E-state index in [0.29, 0.717) is 12.1 Å². The number of nitrogens with zero attached hydrogens (tertiary/aromatic N) is 1. The Morgan fingerprint density at radius 3 is 2.29 bits per heavy atom. The van der Waals surface area contributed by atoms with Gasteiger partial charge in [-0.05, 0) is 45.6 Å². The minimum atomic E-state index is 0.634. The Morgan fingerprint density at radius 1 is 1.18 bits per heavy atom. The molecule has 0 saturated heterocycles. The van der Waals surface area contributed by atoms with Gasteiger partial charge in [0.2, 0.25) is 0 Å². The first-order valence-electron chi connectivity index (χ1n) is 7.66. The lowest BCUT2D eigenvalue weighted by Crippen LogP contribution is -2.48. The molecule has 0 aromatic carbocycles. The molecule has 1 fully saturated rings. The van der Waals surface area contributed by atoms with Crippen molar-refractivity contribution in [3.63, 3.8) is 0 Å². The summed E-state index contributed by atoms with van der Waals surface area (Å²) < 4.78 is 0. The summed E-state index contributed by atoms with van der Waals surface area (Å²) in [4.78, 5) is 2.67. The summed E-state index contributed by atoms with van der Waals surface area (Å²) in [7, 11) is 0. The summed E-state index contributed by atoms with van der Waals surface area (Å²) in [6, 6.07) is 1.27. The molecule has 2 nitrogen and oxygen atoms in total. The Labute approximate surface area is 108 Å². The lowest BCUT2D eigenvalue weighted by atomic mass is 9.95. The van der Waals surface area contributed by atoms with Gasteiger partial charge in [-0.15, -0.1) is 0 Å². The largest absolute Gasteiger partial charge is 0.329 e. The molecule has 1 atom stereocenters. The molecule has 1 saturated carbocycles. The van der Waals surface area contributed by atoms with Crippen LogP contribution in [-0.2, 0) is 0 Å². The van der Waals surface area contributed by atoms with E-state index >= 15 is 0 Å². The Morgan fingerprint density at radius 2 is 1.82 bits per heavy atom. The Balaban J connectivity index is 2.52. The average molecular weight is 240 g/mol. The van der Waals surface area contributed by atoms with Gasteiger partial charge in [0, 0.05) is 18.6 Å². The summed E-state index contributed by atoms with van der Waals surface area (Å²) in [5, 5.41) is 0. The van der Waals surface area contributed by atoms with E-state index in [-0.39, 0.29) is 0 Å². The molecule has 1 rings (SSSR count).